The van der Waals surface area contributed by atoms with E-state index in [0.29, 0.717) is 59.3 Å². The minimum Gasteiger partial charge on any atom is -0.490 e. The third-order valence-electron chi connectivity index (χ3n) is 5.03. The summed E-state index contributed by atoms with van der Waals surface area (Å²) >= 11 is 7.58. The summed E-state index contributed by atoms with van der Waals surface area (Å²) in [5.41, 5.74) is 2.05. The number of pyridine rings is 1. The van der Waals surface area contributed by atoms with Gasteiger partial charge in [-0.1, -0.05) is 29.0 Å². The molecule has 35 heavy (non-hydrogen) atoms. The summed E-state index contributed by atoms with van der Waals surface area (Å²) in [6, 6.07) is 12.6. The Hall–Kier alpha value is -3.36. The van der Waals surface area contributed by atoms with Gasteiger partial charge in [-0.3, -0.25) is 14.7 Å². The van der Waals surface area contributed by atoms with E-state index in [1.165, 1.54) is 11.3 Å². The van der Waals surface area contributed by atoms with Gasteiger partial charge in [0.1, 0.15) is 0 Å². The molecule has 0 aliphatic heterocycles. The summed E-state index contributed by atoms with van der Waals surface area (Å²) in [7, 11) is 0. The summed E-state index contributed by atoms with van der Waals surface area (Å²) < 4.78 is 18.3. The number of aromatic nitrogens is 2. The maximum atomic E-state index is 14.0. The number of carbonyl (C=O) groups excluding carboxylic acids is 1. The van der Waals surface area contributed by atoms with Gasteiger partial charge < -0.3 is 14.2 Å². The van der Waals surface area contributed by atoms with E-state index in [9.17, 15) is 4.79 Å². The maximum Gasteiger partial charge on any atom is 0.260 e. The van der Waals surface area contributed by atoms with Crippen LogP contribution in [-0.2, 0) is 6.54 Å². The number of hydrogen-bond acceptors (Lipinski definition) is 7. The Bertz CT molecular complexity index is 1290. The van der Waals surface area contributed by atoms with Crippen LogP contribution in [0.4, 0.5) is 5.13 Å². The lowest BCUT2D eigenvalue weighted by molar-refractivity contribution is 0.0984. The van der Waals surface area contributed by atoms with Crippen molar-refractivity contribution in [2.24, 2.45) is 0 Å². The highest BCUT2D eigenvalue weighted by atomic mass is 35.5. The molecule has 0 atom stereocenters. The van der Waals surface area contributed by atoms with E-state index in [-0.39, 0.29) is 5.91 Å². The van der Waals surface area contributed by atoms with E-state index < -0.39 is 0 Å². The second-order valence-electron chi connectivity index (χ2n) is 7.46. The van der Waals surface area contributed by atoms with Crippen LogP contribution in [0.5, 0.6) is 17.2 Å². The predicted molar refractivity (Wildman–Crippen MR) is 139 cm³/mol. The Labute approximate surface area is 213 Å². The molecule has 0 spiro atoms. The van der Waals surface area contributed by atoms with E-state index in [1.54, 1.807) is 35.5 Å². The minimum absolute atomic E-state index is 0.246. The van der Waals surface area contributed by atoms with Gasteiger partial charge in [0.25, 0.3) is 5.91 Å². The summed E-state index contributed by atoms with van der Waals surface area (Å²) in [6.07, 6.45) is 3.43. The summed E-state index contributed by atoms with van der Waals surface area (Å²) in [4.78, 5) is 24.5. The van der Waals surface area contributed by atoms with Crippen molar-refractivity contribution in [3.05, 3.63) is 71.0 Å². The van der Waals surface area contributed by atoms with Gasteiger partial charge in [-0.25, -0.2) is 4.98 Å². The van der Waals surface area contributed by atoms with Crippen molar-refractivity contribution in [3.63, 3.8) is 0 Å². The van der Waals surface area contributed by atoms with E-state index in [4.69, 9.17) is 30.8 Å². The Morgan fingerprint density at radius 3 is 2.34 bits per heavy atom. The molecule has 2 heterocycles. The van der Waals surface area contributed by atoms with E-state index >= 15 is 0 Å². The Kier molecular flexibility index (Phi) is 8.05. The standard InChI is InChI=1S/C26H26ClN3O4S/c1-4-32-21-12-18(13-22(33-5-2)24(21)34-6-3)25(31)30(16-17-8-7-11-28-15-17)26-29-20-10-9-19(27)14-23(20)35-26/h7-15H,4-6,16H2,1-3H3. The molecule has 7 nitrogen and oxygen atoms in total. The van der Waals surface area contributed by atoms with E-state index in [2.05, 4.69) is 4.98 Å². The molecule has 0 N–H and O–H groups in total. The molecule has 0 bridgehead atoms. The number of fused-ring (bicyclic) bond motifs is 1. The number of ether oxygens (including phenoxy) is 3. The molecule has 0 radical (unpaired) electrons. The fraction of sp³-hybridized carbons (Fsp3) is 0.269. The largest absolute Gasteiger partial charge is 0.490 e. The third-order valence-corrected chi connectivity index (χ3v) is 6.31. The average Bonchev–Trinajstić information content (AvgIpc) is 3.27. The molecular weight excluding hydrogens is 486 g/mol. The molecule has 4 rings (SSSR count). The molecule has 4 aromatic rings. The molecule has 1 amide bonds. The van der Waals surface area contributed by atoms with Gasteiger partial charge in [-0.15, -0.1) is 0 Å². The lowest BCUT2D eigenvalue weighted by Gasteiger charge is -2.22. The van der Waals surface area contributed by atoms with Crippen LogP contribution in [-0.4, -0.2) is 35.7 Å². The summed E-state index contributed by atoms with van der Waals surface area (Å²) in [5.74, 6) is 1.16. The van der Waals surface area contributed by atoms with Crippen molar-refractivity contribution in [3.8, 4) is 17.2 Å². The van der Waals surface area contributed by atoms with Crippen molar-refractivity contribution < 1.29 is 19.0 Å². The van der Waals surface area contributed by atoms with Crippen molar-refractivity contribution in [1.82, 2.24) is 9.97 Å². The highest BCUT2D eigenvalue weighted by Gasteiger charge is 2.25. The van der Waals surface area contributed by atoms with Crippen molar-refractivity contribution in [2.75, 3.05) is 24.7 Å². The third kappa shape index (κ3) is 5.66. The molecule has 0 fully saturated rings. The van der Waals surface area contributed by atoms with Crippen LogP contribution >= 0.6 is 22.9 Å². The molecule has 0 saturated carbocycles. The van der Waals surface area contributed by atoms with Crippen LogP contribution in [0.25, 0.3) is 10.2 Å². The van der Waals surface area contributed by atoms with E-state index in [1.807, 2.05) is 45.0 Å². The number of carbonyl (C=O) groups is 1. The van der Waals surface area contributed by atoms with Gasteiger partial charge >= 0.3 is 0 Å². The average molecular weight is 512 g/mol. The fourth-order valence-corrected chi connectivity index (χ4v) is 4.81. The van der Waals surface area contributed by atoms with E-state index in [0.717, 1.165) is 15.8 Å². The smallest absolute Gasteiger partial charge is 0.260 e. The van der Waals surface area contributed by atoms with Crippen molar-refractivity contribution in [2.45, 2.75) is 27.3 Å². The number of rotatable bonds is 10. The molecule has 2 aromatic heterocycles. The SMILES string of the molecule is CCOc1cc(C(=O)N(Cc2cccnc2)c2nc3ccc(Cl)cc3s2)cc(OCC)c1OCC. The quantitative estimate of drug-likeness (QED) is 0.246. The zero-order valence-corrected chi connectivity index (χ0v) is 21.4. The normalized spacial score (nSPS) is 10.9. The van der Waals surface area contributed by atoms with Crippen LogP contribution in [0.2, 0.25) is 5.02 Å². The second kappa shape index (κ2) is 11.4. The van der Waals surface area contributed by atoms with Crippen LogP contribution in [0.15, 0.2) is 54.9 Å². The molecule has 0 unspecified atom stereocenters. The number of thiazole rings is 1. The van der Waals surface area contributed by atoms with Crippen molar-refractivity contribution in [1.29, 1.82) is 0 Å². The van der Waals surface area contributed by atoms with Gasteiger partial charge in [0.2, 0.25) is 5.75 Å². The second-order valence-corrected chi connectivity index (χ2v) is 8.91. The maximum absolute atomic E-state index is 14.0. The number of anilines is 1. The lowest BCUT2D eigenvalue weighted by atomic mass is 10.1. The molecule has 0 aliphatic rings. The number of benzene rings is 2. The monoisotopic (exact) mass is 511 g/mol. The Morgan fingerprint density at radius 2 is 1.71 bits per heavy atom. The number of amides is 1. The van der Waals surface area contributed by atoms with Gasteiger partial charge in [-0.2, -0.15) is 0 Å². The minimum atomic E-state index is -0.246. The Morgan fingerprint density at radius 1 is 1.00 bits per heavy atom. The number of hydrogen-bond donors (Lipinski definition) is 0. The van der Waals surface area contributed by atoms with Crippen LogP contribution < -0.4 is 19.1 Å². The first-order chi connectivity index (χ1) is 17.0. The van der Waals surface area contributed by atoms with Crippen LogP contribution in [0.3, 0.4) is 0 Å². The summed E-state index contributed by atoms with van der Waals surface area (Å²) in [6.45, 7) is 7.22. The molecule has 0 saturated heterocycles. The lowest BCUT2D eigenvalue weighted by Crippen LogP contribution is -2.30. The van der Waals surface area contributed by atoms with Gasteiger partial charge in [0, 0.05) is 23.0 Å². The van der Waals surface area contributed by atoms with Crippen molar-refractivity contribution >= 4 is 44.2 Å². The first-order valence-electron chi connectivity index (χ1n) is 11.4. The van der Waals surface area contributed by atoms with Gasteiger partial charge in [-0.05, 0) is 62.7 Å². The zero-order chi connectivity index (χ0) is 24.8. The number of nitrogens with zero attached hydrogens (tertiary/aromatic N) is 3. The molecule has 9 heteroatoms. The van der Waals surface area contributed by atoms with Crippen LogP contribution in [0.1, 0.15) is 36.7 Å². The highest BCUT2D eigenvalue weighted by molar-refractivity contribution is 7.22. The van der Waals surface area contributed by atoms with Crippen LogP contribution in [0, 0.1) is 0 Å². The highest BCUT2D eigenvalue weighted by Crippen LogP contribution is 2.40. The molecule has 182 valence electrons. The predicted octanol–water partition coefficient (Wildman–Crippen LogP) is 6.39. The fourth-order valence-electron chi connectivity index (χ4n) is 3.57. The number of halogens is 1. The first kappa shape index (κ1) is 24.8. The Balaban J connectivity index is 1.81. The summed E-state index contributed by atoms with van der Waals surface area (Å²) in [5, 5.41) is 1.17. The molecule has 2 aromatic carbocycles. The first-order valence-corrected chi connectivity index (χ1v) is 12.6. The molecule has 0 aliphatic carbocycles. The zero-order valence-electron chi connectivity index (χ0n) is 19.8. The van der Waals surface area contributed by atoms with Gasteiger partial charge in [0.15, 0.2) is 16.6 Å². The topological polar surface area (TPSA) is 73.8 Å². The van der Waals surface area contributed by atoms with Gasteiger partial charge in [0.05, 0.1) is 36.6 Å². The molecular formula is C26H26ClN3O4S.